The molecule has 2 aromatic rings. The van der Waals surface area contributed by atoms with Crippen molar-refractivity contribution >= 4 is 11.8 Å². The number of alkyl halides is 3. The molecule has 0 saturated carbocycles. The fraction of sp³-hybridized carbons (Fsp3) is 0.429. The van der Waals surface area contributed by atoms with Crippen molar-refractivity contribution in [3.05, 3.63) is 35.9 Å². The molecule has 9 heteroatoms. The molecule has 0 aliphatic carbocycles. The van der Waals surface area contributed by atoms with Gasteiger partial charge in [0.25, 0.3) is 0 Å². The molecule has 0 radical (unpaired) electrons. The Labute approximate surface area is 131 Å². The second-order valence-corrected chi connectivity index (χ2v) is 5.05. The maximum atomic E-state index is 13.0. The third-order valence-corrected chi connectivity index (χ3v) is 3.07. The minimum atomic E-state index is -4.58. The quantitative estimate of drug-likeness (QED) is 0.848. The normalized spacial score (nSPS) is 13.0. The van der Waals surface area contributed by atoms with E-state index in [9.17, 15) is 13.2 Å². The molecule has 0 saturated heterocycles. The predicted molar refractivity (Wildman–Crippen MR) is 78.1 cm³/mol. The number of nitrogens with zero attached hydrogens (tertiary/aromatic N) is 3. The summed E-state index contributed by atoms with van der Waals surface area (Å²) in [6.45, 7) is -0.169. The molecule has 0 bridgehead atoms. The molecular formula is C14H17F3N4O2. The Hall–Kier alpha value is -2.29. The van der Waals surface area contributed by atoms with Gasteiger partial charge in [0, 0.05) is 26.8 Å². The van der Waals surface area contributed by atoms with Gasteiger partial charge in [-0.15, -0.1) is 0 Å². The van der Waals surface area contributed by atoms with Gasteiger partial charge in [0.15, 0.2) is 5.69 Å². The van der Waals surface area contributed by atoms with Gasteiger partial charge in [0.05, 0.1) is 12.3 Å². The number of aromatic nitrogens is 2. The van der Waals surface area contributed by atoms with Crippen LogP contribution in [0.2, 0.25) is 0 Å². The van der Waals surface area contributed by atoms with Crippen molar-refractivity contribution in [2.24, 2.45) is 0 Å². The maximum absolute atomic E-state index is 13.0. The lowest BCUT2D eigenvalue weighted by molar-refractivity contribution is -0.141. The highest BCUT2D eigenvalue weighted by atomic mass is 19.4. The lowest BCUT2D eigenvalue weighted by atomic mass is 10.1. The second-order valence-electron chi connectivity index (χ2n) is 5.05. The van der Waals surface area contributed by atoms with Crippen molar-refractivity contribution in [1.29, 1.82) is 0 Å². The van der Waals surface area contributed by atoms with E-state index < -0.39 is 17.9 Å². The van der Waals surface area contributed by atoms with E-state index in [1.807, 2.05) is 0 Å². The summed E-state index contributed by atoms with van der Waals surface area (Å²) >= 11 is 0. The van der Waals surface area contributed by atoms with E-state index in [1.165, 1.54) is 11.2 Å². The Balaban J connectivity index is 2.35. The second kappa shape index (κ2) is 6.86. The smallest absolute Gasteiger partial charge is 0.433 e. The third-order valence-electron chi connectivity index (χ3n) is 3.07. The number of anilines is 2. The van der Waals surface area contributed by atoms with E-state index in [0.29, 0.717) is 5.76 Å². The number of hydrogen-bond donors (Lipinski definition) is 2. The van der Waals surface area contributed by atoms with E-state index in [-0.39, 0.29) is 24.8 Å². The van der Waals surface area contributed by atoms with Crippen molar-refractivity contribution in [1.82, 2.24) is 9.97 Å². The van der Waals surface area contributed by atoms with Crippen LogP contribution in [0.3, 0.4) is 0 Å². The third kappa shape index (κ3) is 4.35. The van der Waals surface area contributed by atoms with Gasteiger partial charge in [-0.05, 0) is 18.6 Å². The van der Waals surface area contributed by atoms with Gasteiger partial charge in [-0.3, -0.25) is 0 Å². The molecule has 0 spiro atoms. The first-order chi connectivity index (χ1) is 10.8. The molecule has 2 aromatic heterocycles. The first-order valence-corrected chi connectivity index (χ1v) is 6.85. The van der Waals surface area contributed by atoms with Crippen LogP contribution >= 0.6 is 0 Å². The lowest BCUT2D eigenvalue weighted by Crippen LogP contribution is -2.19. The summed E-state index contributed by atoms with van der Waals surface area (Å²) in [5.74, 6) is 0.418. The fourth-order valence-corrected chi connectivity index (χ4v) is 1.93. The monoisotopic (exact) mass is 330 g/mol. The van der Waals surface area contributed by atoms with E-state index in [2.05, 4.69) is 15.3 Å². The number of nitrogens with one attached hydrogen (secondary N) is 1. The number of furan rings is 1. The van der Waals surface area contributed by atoms with Crippen LogP contribution in [0, 0.1) is 0 Å². The van der Waals surface area contributed by atoms with Crippen molar-refractivity contribution in [3.63, 3.8) is 0 Å². The molecular weight excluding hydrogens is 313 g/mol. The summed E-state index contributed by atoms with van der Waals surface area (Å²) in [7, 11) is 3.17. The zero-order valence-electron chi connectivity index (χ0n) is 12.6. The number of halogens is 3. The minimum absolute atomic E-state index is 0.122. The molecule has 23 heavy (non-hydrogen) atoms. The molecule has 0 aliphatic heterocycles. The van der Waals surface area contributed by atoms with Gasteiger partial charge in [-0.2, -0.15) is 18.2 Å². The Bertz CT molecular complexity index is 629. The van der Waals surface area contributed by atoms with E-state index in [4.69, 9.17) is 9.52 Å². The van der Waals surface area contributed by atoms with E-state index in [1.54, 1.807) is 26.2 Å². The summed E-state index contributed by atoms with van der Waals surface area (Å²) < 4.78 is 44.2. The van der Waals surface area contributed by atoms with Gasteiger partial charge in [0.2, 0.25) is 5.95 Å². The summed E-state index contributed by atoms with van der Waals surface area (Å²) in [5.41, 5.74) is -1.04. The molecule has 0 fully saturated rings. The average Bonchev–Trinajstić information content (AvgIpc) is 2.99. The van der Waals surface area contributed by atoms with Gasteiger partial charge in [-0.25, -0.2) is 4.98 Å². The molecule has 0 amide bonds. The topological polar surface area (TPSA) is 74.4 Å². The summed E-state index contributed by atoms with van der Waals surface area (Å²) in [5, 5.41) is 11.9. The van der Waals surface area contributed by atoms with Crippen molar-refractivity contribution < 1.29 is 22.7 Å². The van der Waals surface area contributed by atoms with Crippen LogP contribution in [0.15, 0.2) is 28.9 Å². The number of rotatable bonds is 6. The molecule has 6 nitrogen and oxygen atoms in total. The first-order valence-electron chi connectivity index (χ1n) is 6.85. The Morgan fingerprint density at radius 3 is 2.61 bits per heavy atom. The molecule has 2 heterocycles. The first kappa shape index (κ1) is 17.1. The van der Waals surface area contributed by atoms with Gasteiger partial charge in [-0.1, -0.05) is 0 Å². The highest BCUT2D eigenvalue weighted by Crippen LogP contribution is 2.31. The lowest BCUT2D eigenvalue weighted by Gasteiger charge is -2.19. The molecule has 0 aromatic carbocycles. The summed E-state index contributed by atoms with van der Waals surface area (Å²) in [4.78, 5) is 9.03. The van der Waals surface area contributed by atoms with E-state index >= 15 is 0 Å². The van der Waals surface area contributed by atoms with Gasteiger partial charge in [0.1, 0.15) is 11.6 Å². The molecule has 2 N–H and O–H groups in total. The molecule has 0 aliphatic rings. The standard InChI is InChI=1S/C14H17F3N4O2/c1-21(2)12-8-11(14(15,16)17)19-13(20-12)18-9(5-6-22)10-4-3-7-23-10/h3-4,7-9,22H,5-6H2,1-2H3,(H,18,19,20). The highest BCUT2D eigenvalue weighted by molar-refractivity contribution is 5.45. The van der Waals surface area contributed by atoms with Crippen LogP contribution < -0.4 is 10.2 Å². The highest BCUT2D eigenvalue weighted by Gasteiger charge is 2.34. The van der Waals surface area contributed by atoms with Crippen molar-refractivity contribution in [2.45, 2.75) is 18.6 Å². The zero-order valence-corrected chi connectivity index (χ0v) is 12.6. The average molecular weight is 330 g/mol. The summed E-state index contributed by atoms with van der Waals surface area (Å²) in [6, 6.07) is 3.65. The van der Waals surface area contributed by atoms with E-state index in [0.717, 1.165) is 6.07 Å². The fourth-order valence-electron chi connectivity index (χ4n) is 1.93. The number of hydrogen-bond acceptors (Lipinski definition) is 6. The SMILES string of the molecule is CN(C)c1cc(C(F)(F)F)nc(NC(CCO)c2ccco2)n1. The van der Waals surface area contributed by atoms with Crippen LogP contribution in [-0.2, 0) is 6.18 Å². The predicted octanol–water partition coefficient (Wildman–Crippen LogP) is 2.69. The van der Waals surface area contributed by atoms with Crippen LogP contribution in [0.4, 0.5) is 24.9 Å². The van der Waals surface area contributed by atoms with Gasteiger partial charge >= 0.3 is 6.18 Å². The Morgan fingerprint density at radius 1 is 1.35 bits per heavy atom. The molecule has 2 rings (SSSR count). The van der Waals surface area contributed by atoms with Crippen LogP contribution in [0.1, 0.15) is 23.9 Å². The van der Waals surface area contributed by atoms with Gasteiger partial charge < -0.3 is 19.7 Å². The van der Waals surface area contributed by atoms with Crippen molar-refractivity contribution in [2.75, 3.05) is 30.9 Å². The minimum Gasteiger partial charge on any atom is -0.467 e. The maximum Gasteiger partial charge on any atom is 0.433 e. The summed E-state index contributed by atoms with van der Waals surface area (Å²) in [6.07, 6.45) is -2.90. The van der Waals surface area contributed by atoms with Crippen molar-refractivity contribution in [3.8, 4) is 0 Å². The van der Waals surface area contributed by atoms with Crippen LogP contribution in [0.5, 0.6) is 0 Å². The number of aliphatic hydroxyl groups excluding tert-OH is 1. The van der Waals surface area contributed by atoms with Crippen LogP contribution in [-0.4, -0.2) is 35.8 Å². The molecule has 126 valence electrons. The molecule has 1 unspecified atom stereocenters. The number of aliphatic hydroxyl groups is 1. The largest absolute Gasteiger partial charge is 0.467 e. The Kier molecular flexibility index (Phi) is 5.09. The molecule has 1 atom stereocenters. The Morgan fingerprint density at radius 2 is 2.09 bits per heavy atom. The van der Waals surface area contributed by atoms with Crippen LogP contribution in [0.25, 0.3) is 0 Å². The zero-order chi connectivity index (χ0) is 17.0.